The molecule has 0 aliphatic carbocycles. The van der Waals surface area contributed by atoms with Gasteiger partial charge in [-0.2, -0.15) is 5.10 Å². The van der Waals surface area contributed by atoms with Crippen molar-refractivity contribution in [2.75, 3.05) is 13.1 Å². The first-order valence-corrected chi connectivity index (χ1v) is 10.1. The molecule has 1 aromatic heterocycles. The Morgan fingerprint density at radius 3 is 2.89 bits per heavy atom. The van der Waals surface area contributed by atoms with E-state index in [1.165, 1.54) is 0 Å². The van der Waals surface area contributed by atoms with E-state index in [4.69, 9.17) is 11.6 Å². The van der Waals surface area contributed by atoms with Gasteiger partial charge in [0.2, 0.25) is 11.8 Å². The molecule has 2 amide bonds. The van der Waals surface area contributed by atoms with Crippen LogP contribution in [-0.4, -0.2) is 62.6 Å². The molecule has 4 heterocycles. The number of fused-ring (bicyclic) bond motifs is 2. The number of rotatable bonds is 4. The minimum Gasteiger partial charge on any atom is -0.329 e. The molecule has 0 bridgehead atoms. The Hall–Kier alpha value is -2.38. The third kappa shape index (κ3) is 2.99. The van der Waals surface area contributed by atoms with E-state index in [1.807, 2.05) is 36.7 Å². The zero-order valence-corrected chi connectivity index (χ0v) is 16.2. The summed E-state index contributed by atoms with van der Waals surface area (Å²) in [6.45, 7) is 1.96. The summed E-state index contributed by atoms with van der Waals surface area (Å²) in [5.41, 5.74) is 1.96. The molecule has 8 heteroatoms. The topological polar surface area (TPSA) is 70.5 Å². The molecule has 146 valence electrons. The monoisotopic (exact) mass is 399 g/mol. The highest BCUT2D eigenvalue weighted by Gasteiger charge is 2.51. The average molecular weight is 400 g/mol. The molecule has 28 heavy (non-hydrogen) atoms. The first-order chi connectivity index (χ1) is 13.6. The standard InChI is InChI=1S/C20H22ClN5O2/c21-14-3-1-4-16(7-14)26-11-13(10-23-26)9-22-15-8-18-20(28)24-6-2-5-17(24)19(27)25(18)12-15/h1,3-4,7,10-11,15,17-18,22H,2,5-6,8-9,12H2/t15-,17-,18-/m0/s1. The number of halogens is 1. The fraction of sp³-hybridized carbons (Fsp3) is 0.450. The van der Waals surface area contributed by atoms with E-state index >= 15 is 0 Å². The van der Waals surface area contributed by atoms with Crippen LogP contribution in [0.5, 0.6) is 0 Å². The molecule has 3 atom stereocenters. The Bertz CT molecular complexity index is 899. The van der Waals surface area contributed by atoms with Crippen LogP contribution >= 0.6 is 11.6 Å². The zero-order chi connectivity index (χ0) is 19.3. The second kappa shape index (κ2) is 6.90. The lowest BCUT2D eigenvalue weighted by molar-refractivity contribution is -0.156. The van der Waals surface area contributed by atoms with Gasteiger partial charge in [-0.05, 0) is 37.5 Å². The molecule has 0 unspecified atom stereocenters. The van der Waals surface area contributed by atoms with Crippen LogP contribution in [0.3, 0.4) is 0 Å². The largest absolute Gasteiger partial charge is 0.329 e. The second-order valence-electron chi connectivity index (χ2n) is 7.78. The van der Waals surface area contributed by atoms with Crippen LogP contribution in [-0.2, 0) is 16.1 Å². The van der Waals surface area contributed by atoms with Crippen molar-refractivity contribution in [2.45, 2.75) is 43.9 Å². The van der Waals surface area contributed by atoms with Crippen LogP contribution in [0.2, 0.25) is 5.02 Å². The molecule has 2 aromatic rings. The minimum absolute atomic E-state index is 0.118. The molecule has 3 aliphatic heterocycles. The summed E-state index contributed by atoms with van der Waals surface area (Å²) >= 11 is 6.05. The summed E-state index contributed by atoms with van der Waals surface area (Å²) < 4.78 is 1.79. The smallest absolute Gasteiger partial charge is 0.246 e. The van der Waals surface area contributed by atoms with Gasteiger partial charge in [0.15, 0.2) is 0 Å². The van der Waals surface area contributed by atoms with Gasteiger partial charge in [0.25, 0.3) is 0 Å². The van der Waals surface area contributed by atoms with Crippen LogP contribution in [0, 0.1) is 0 Å². The van der Waals surface area contributed by atoms with Crippen molar-refractivity contribution < 1.29 is 9.59 Å². The molecule has 3 saturated heterocycles. The number of nitrogens with one attached hydrogen (secondary N) is 1. The highest BCUT2D eigenvalue weighted by molar-refractivity contribution is 6.30. The van der Waals surface area contributed by atoms with E-state index in [0.717, 1.165) is 30.6 Å². The van der Waals surface area contributed by atoms with E-state index in [-0.39, 0.29) is 29.9 Å². The Balaban J connectivity index is 1.23. The van der Waals surface area contributed by atoms with Gasteiger partial charge >= 0.3 is 0 Å². The zero-order valence-electron chi connectivity index (χ0n) is 15.4. The van der Waals surface area contributed by atoms with Crippen molar-refractivity contribution in [1.29, 1.82) is 0 Å². The minimum atomic E-state index is -0.298. The Morgan fingerprint density at radius 2 is 2.04 bits per heavy atom. The van der Waals surface area contributed by atoms with E-state index in [9.17, 15) is 9.59 Å². The van der Waals surface area contributed by atoms with Crippen LogP contribution in [0.15, 0.2) is 36.7 Å². The Labute approximate surface area is 168 Å². The average Bonchev–Trinajstić information content (AvgIpc) is 3.43. The van der Waals surface area contributed by atoms with Gasteiger partial charge in [-0.3, -0.25) is 9.59 Å². The first-order valence-electron chi connectivity index (χ1n) is 9.74. The highest BCUT2D eigenvalue weighted by atomic mass is 35.5. The van der Waals surface area contributed by atoms with E-state index < -0.39 is 0 Å². The molecule has 3 aliphatic rings. The van der Waals surface area contributed by atoms with Crippen molar-refractivity contribution in [3.8, 4) is 5.69 Å². The number of piperazine rings is 1. The molecule has 5 rings (SSSR count). The maximum absolute atomic E-state index is 12.7. The number of amides is 2. The number of carbonyl (C=O) groups is 2. The molecular formula is C20H22ClN5O2. The van der Waals surface area contributed by atoms with Gasteiger partial charge in [-0.25, -0.2) is 4.68 Å². The molecule has 3 fully saturated rings. The molecule has 1 aromatic carbocycles. The quantitative estimate of drug-likeness (QED) is 0.847. The SMILES string of the molecule is O=C1[C@@H]2C[C@H](NCc3cnn(-c4cccc(Cl)c4)c3)CN2C(=O)[C@@H]2CCCN12. The predicted octanol–water partition coefficient (Wildman–Crippen LogP) is 1.59. The van der Waals surface area contributed by atoms with Crippen molar-refractivity contribution in [3.05, 3.63) is 47.2 Å². The van der Waals surface area contributed by atoms with Crippen molar-refractivity contribution in [3.63, 3.8) is 0 Å². The maximum Gasteiger partial charge on any atom is 0.246 e. The maximum atomic E-state index is 12.7. The van der Waals surface area contributed by atoms with Gasteiger partial charge in [0.1, 0.15) is 12.1 Å². The van der Waals surface area contributed by atoms with E-state index in [2.05, 4.69) is 10.4 Å². The van der Waals surface area contributed by atoms with Crippen molar-refractivity contribution in [2.24, 2.45) is 0 Å². The number of nitrogens with zero attached hydrogens (tertiary/aromatic N) is 4. The lowest BCUT2D eigenvalue weighted by Gasteiger charge is -2.38. The number of aromatic nitrogens is 2. The second-order valence-corrected chi connectivity index (χ2v) is 8.22. The lowest BCUT2D eigenvalue weighted by Crippen LogP contribution is -2.60. The summed E-state index contributed by atoms with van der Waals surface area (Å²) in [5.74, 6) is 0.250. The van der Waals surface area contributed by atoms with Gasteiger partial charge in [-0.15, -0.1) is 0 Å². The number of hydrogen-bond donors (Lipinski definition) is 1. The lowest BCUT2D eigenvalue weighted by atomic mass is 10.1. The fourth-order valence-corrected chi connectivity index (χ4v) is 4.79. The fourth-order valence-electron chi connectivity index (χ4n) is 4.60. The molecule has 0 radical (unpaired) electrons. The molecule has 7 nitrogen and oxygen atoms in total. The van der Waals surface area contributed by atoms with E-state index in [0.29, 0.717) is 24.5 Å². The first kappa shape index (κ1) is 17.7. The van der Waals surface area contributed by atoms with Crippen LogP contribution in [0.25, 0.3) is 5.69 Å². The Morgan fingerprint density at radius 1 is 1.18 bits per heavy atom. The van der Waals surface area contributed by atoms with Gasteiger partial charge in [-0.1, -0.05) is 17.7 Å². The van der Waals surface area contributed by atoms with Crippen molar-refractivity contribution in [1.82, 2.24) is 24.9 Å². The molecule has 0 saturated carbocycles. The summed E-state index contributed by atoms with van der Waals surface area (Å²) in [7, 11) is 0. The number of hydrogen-bond acceptors (Lipinski definition) is 4. The number of benzene rings is 1. The predicted molar refractivity (Wildman–Crippen MR) is 104 cm³/mol. The third-order valence-corrected chi connectivity index (χ3v) is 6.23. The normalized spacial score (nSPS) is 26.7. The summed E-state index contributed by atoms with van der Waals surface area (Å²) in [6, 6.07) is 7.14. The van der Waals surface area contributed by atoms with Crippen LogP contribution < -0.4 is 5.32 Å². The third-order valence-electron chi connectivity index (χ3n) is 5.99. The van der Waals surface area contributed by atoms with Gasteiger partial charge in [0, 0.05) is 42.5 Å². The van der Waals surface area contributed by atoms with E-state index in [1.54, 1.807) is 14.5 Å². The molecule has 1 N–H and O–H groups in total. The van der Waals surface area contributed by atoms with Gasteiger partial charge in [0.05, 0.1) is 11.9 Å². The summed E-state index contributed by atoms with van der Waals surface area (Å²) in [6.07, 6.45) is 6.20. The molecule has 0 spiro atoms. The molecular weight excluding hydrogens is 378 g/mol. The van der Waals surface area contributed by atoms with Crippen LogP contribution in [0.4, 0.5) is 0 Å². The van der Waals surface area contributed by atoms with Crippen LogP contribution in [0.1, 0.15) is 24.8 Å². The highest BCUT2D eigenvalue weighted by Crippen LogP contribution is 2.32. The summed E-state index contributed by atoms with van der Waals surface area (Å²) in [5, 5.41) is 8.57. The Kier molecular flexibility index (Phi) is 4.36. The number of carbonyl (C=O) groups excluding carboxylic acids is 2. The van der Waals surface area contributed by atoms with Crippen molar-refractivity contribution >= 4 is 23.4 Å². The van der Waals surface area contributed by atoms with Gasteiger partial charge < -0.3 is 15.1 Å². The summed E-state index contributed by atoms with van der Waals surface area (Å²) in [4.78, 5) is 29.0.